The van der Waals surface area contributed by atoms with Crippen molar-refractivity contribution in [3.8, 4) is 11.5 Å². The second-order valence-electron chi connectivity index (χ2n) is 6.23. The lowest BCUT2D eigenvalue weighted by molar-refractivity contribution is -0.128. The van der Waals surface area contributed by atoms with Crippen LogP contribution in [0.3, 0.4) is 0 Å². The number of carbonyl (C=O) groups is 1. The van der Waals surface area contributed by atoms with Crippen LogP contribution in [0.4, 0.5) is 5.69 Å². The Morgan fingerprint density at radius 1 is 1.15 bits per heavy atom. The van der Waals surface area contributed by atoms with Gasteiger partial charge in [0.2, 0.25) is 22.7 Å². The number of rotatable bonds is 7. The lowest BCUT2D eigenvalue weighted by atomic mass is 10.2. The van der Waals surface area contributed by atoms with Crippen LogP contribution >= 0.6 is 0 Å². The predicted octanol–water partition coefficient (Wildman–Crippen LogP) is 1.28. The first-order chi connectivity index (χ1) is 12.8. The minimum Gasteiger partial charge on any atom is -0.454 e. The molecule has 1 amide bonds. The van der Waals surface area contributed by atoms with E-state index in [4.69, 9.17) is 9.47 Å². The molecule has 0 saturated heterocycles. The Balaban J connectivity index is 1.70. The fraction of sp³-hybridized carbons (Fsp3) is 0.333. The SMILES string of the molecule is CN(CCc1ccncc1)C(=O)CN(c1ccc2c(c1)OCO2)S(C)(=O)=O. The third kappa shape index (κ3) is 4.68. The van der Waals surface area contributed by atoms with E-state index in [1.807, 2.05) is 12.1 Å². The van der Waals surface area contributed by atoms with Crippen molar-refractivity contribution in [1.82, 2.24) is 9.88 Å². The number of fused-ring (bicyclic) bond motifs is 1. The Bertz CT molecular complexity index is 918. The normalized spacial score (nSPS) is 12.7. The number of sulfonamides is 1. The number of ether oxygens (including phenoxy) is 2. The molecule has 0 spiro atoms. The third-order valence-corrected chi connectivity index (χ3v) is 5.37. The predicted molar refractivity (Wildman–Crippen MR) is 100 cm³/mol. The zero-order valence-corrected chi connectivity index (χ0v) is 16.0. The van der Waals surface area contributed by atoms with Crippen LogP contribution in [-0.2, 0) is 21.2 Å². The number of anilines is 1. The average molecular weight is 391 g/mol. The number of aromatic nitrogens is 1. The topological polar surface area (TPSA) is 89.0 Å². The number of hydrogen-bond acceptors (Lipinski definition) is 6. The van der Waals surface area contributed by atoms with Gasteiger partial charge in [0, 0.05) is 32.1 Å². The Morgan fingerprint density at radius 3 is 2.56 bits per heavy atom. The van der Waals surface area contributed by atoms with E-state index in [1.54, 1.807) is 37.6 Å². The largest absolute Gasteiger partial charge is 0.454 e. The van der Waals surface area contributed by atoms with Gasteiger partial charge in [-0.1, -0.05) is 0 Å². The van der Waals surface area contributed by atoms with E-state index in [2.05, 4.69) is 4.98 Å². The summed E-state index contributed by atoms with van der Waals surface area (Å²) in [6, 6.07) is 8.56. The van der Waals surface area contributed by atoms with Gasteiger partial charge in [-0.05, 0) is 36.2 Å². The number of likely N-dealkylation sites (N-methyl/N-ethyl adjacent to an activating group) is 1. The van der Waals surface area contributed by atoms with Gasteiger partial charge in [-0.15, -0.1) is 0 Å². The first-order valence-corrected chi connectivity index (χ1v) is 10.2. The van der Waals surface area contributed by atoms with Crippen molar-refractivity contribution >= 4 is 21.6 Å². The van der Waals surface area contributed by atoms with E-state index in [0.29, 0.717) is 30.2 Å². The Hall–Kier alpha value is -2.81. The molecule has 2 aromatic rings. The van der Waals surface area contributed by atoms with Gasteiger partial charge in [-0.25, -0.2) is 8.42 Å². The molecule has 1 aliphatic heterocycles. The number of pyridine rings is 1. The zero-order valence-electron chi connectivity index (χ0n) is 15.2. The van der Waals surface area contributed by atoms with E-state index >= 15 is 0 Å². The maximum absolute atomic E-state index is 12.6. The molecule has 2 heterocycles. The molecule has 8 nitrogen and oxygen atoms in total. The Labute approximate surface area is 158 Å². The van der Waals surface area contributed by atoms with Crippen molar-refractivity contribution in [2.45, 2.75) is 6.42 Å². The van der Waals surface area contributed by atoms with Crippen molar-refractivity contribution in [2.75, 3.05) is 37.5 Å². The van der Waals surface area contributed by atoms with Gasteiger partial charge in [0.25, 0.3) is 0 Å². The van der Waals surface area contributed by atoms with Crippen LogP contribution in [-0.4, -0.2) is 57.4 Å². The summed E-state index contributed by atoms with van der Waals surface area (Å²) in [7, 11) is -1.99. The summed E-state index contributed by atoms with van der Waals surface area (Å²) in [5.74, 6) is 0.708. The molecule has 0 radical (unpaired) electrons. The van der Waals surface area contributed by atoms with Gasteiger partial charge in [-0.3, -0.25) is 14.1 Å². The first kappa shape index (κ1) is 19.0. The Kier molecular flexibility index (Phi) is 5.50. The fourth-order valence-electron chi connectivity index (χ4n) is 2.65. The number of carbonyl (C=O) groups excluding carboxylic acids is 1. The smallest absolute Gasteiger partial charge is 0.243 e. The monoisotopic (exact) mass is 391 g/mol. The standard InChI is InChI=1S/C18H21N3O5S/c1-20(10-7-14-5-8-19-9-6-14)18(22)12-21(27(2,23)24)15-3-4-16-17(11-15)26-13-25-16/h3-6,8-9,11H,7,10,12-13H2,1-2H3. The summed E-state index contributed by atoms with van der Waals surface area (Å²) < 4.78 is 36.1. The summed E-state index contributed by atoms with van der Waals surface area (Å²) in [6.45, 7) is 0.279. The van der Waals surface area contributed by atoms with Crippen LogP contribution in [0.5, 0.6) is 11.5 Å². The molecular formula is C18H21N3O5S. The van der Waals surface area contributed by atoms with E-state index in [-0.39, 0.29) is 19.2 Å². The number of amides is 1. The van der Waals surface area contributed by atoms with Crippen molar-refractivity contribution < 1.29 is 22.7 Å². The van der Waals surface area contributed by atoms with Crippen molar-refractivity contribution in [3.05, 3.63) is 48.3 Å². The summed E-state index contributed by atoms with van der Waals surface area (Å²) in [5, 5.41) is 0. The van der Waals surface area contributed by atoms with Crippen LogP contribution in [0.25, 0.3) is 0 Å². The number of benzene rings is 1. The third-order valence-electron chi connectivity index (χ3n) is 4.23. The minimum atomic E-state index is -3.65. The van der Waals surface area contributed by atoms with E-state index in [1.165, 1.54) is 4.90 Å². The van der Waals surface area contributed by atoms with Gasteiger partial charge < -0.3 is 14.4 Å². The summed E-state index contributed by atoms with van der Waals surface area (Å²) in [5.41, 5.74) is 1.41. The quantitative estimate of drug-likeness (QED) is 0.706. The van der Waals surface area contributed by atoms with Gasteiger partial charge in [0.05, 0.1) is 11.9 Å². The molecule has 144 valence electrons. The molecule has 0 bridgehead atoms. The molecule has 1 aliphatic rings. The summed E-state index contributed by atoms with van der Waals surface area (Å²) in [6.07, 6.45) is 5.12. The number of hydrogen-bond donors (Lipinski definition) is 0. The van der Waals surface area contributed by atoms with Gasteiger partial charge in [-0.2, -0.15) is 0 Å². The molecule has 1 aromatic carbocycles. The Morgan fingerprint density at radius 2 is 1.85 bits per heavy atom. The lowest BCUT2D eigenvalue weighted by Crippen LogP contribution is -2.41. The van der Waals surface area contributed by atoms with Crippen LogP contribution in [0.15, 0.2) is 42.7 Å². The molecule has 0 saturated carbocycles. The second kappa shape index (κ2) is 7.83. The summed E-state index contributed by atoms with van der Waals surface area (Å²) in [4.78, 5) is 18.1. The molecule has 0 N–H and O–H groups in total. The molecule has 1 aromatic heterocycles. The van der Waals surface area contributed by atoms with Crippen molar-refractivity contribution in [1.29, 1.82) is 0 Å². The molecule has 0 atom stereocenters. The number of nitrogens with zero attached hydrogens (tertiary/aromatic N) is 3. The van der Waals surface area contributed by atoms with Crippen LogP contribution < -0.4 is 13.8 Å². The lowest BCUT2D eigenvalue weighted by Gasteiger charge is -2.25. The van der Waals surface area contributed by atoms with Crippen molar-refractivity contribution in [2.24, 2.45) is 0 Å². The van der Waals surface area contributed by atoms with E-state index in [9.17, 15) is 13.2 Å². The minimum absolute atomic E-state index is 0.0916. The van der Waals surface area contributed by atoms with Crippen LogP contribution in [0.1, 0.15) is 5.56 Å². The highest BCUT2D eigenvalue weighted by molar-refractivity contribution is 7.92. The summed E-state index contributed by atoms with van der Waals surface area (Å²) >= 11 is 0. The molecular weight excluding hydrogens is 370 g/mol. The molecule has 0 aliphatic carbocycles. The highest BCUT2D eigenvalue weighted by Gasteiger charge is 2.25. The van der Waals surface area contributed by atoms with Crippen LogP contribution in [0, 0.1) is 0 Å². The maximum atomic E-state index is 12.6. The highest BCUT2D eigenvalue weighted by Crippen LogP contribution is 2.36. The molecule has 9 heteroatoms. The van der Waals surface area contributed by atoms with Gasteiger partial charge in [0.1, 0.15) is 6.54 Å². The van der Waals surface area contributed by atoms with Gasteiger partial charge >= 0.3 is 0 Å². The maximum Gasteiger partial charge on any atom is 0.243 e. The molecule has 0 fully saturated rings. The highest BCUT2D eigenvalue weighted by atomic mass is 32.2. The van der Waals surface area contributed by atoms with E-state index < -0.39 is 10.0 Å². The first-order valence-electron chi connectivity index (χ1n) is 8.35. The molecule has 27 heavy (non-hydrogen) atoms. The van der Waals surface area contributed by atoms with Crippen LogP contribution in [0.2, 0.25) is 0 Å². The molecule has 0 unspecified atom stereocenters. The van der Waals surface area contributed by atoms with Gasteiger partial charge in [0.15, 0.2) is 11.5 Å². The van der Waals surface area contributed by atoms with Crippen molar-refractivity contribution in [3.63, 3.8) is 0 Å². The second-order valence-corrected chi connectivity index (χ2v) is 8.13. The molecule has 3 rings (SSSR count). The average Bonchev–Trinajstić information content (AvgIpc) is 3.11. The fourth-order valence-corrected chi connectivity index (χ4v) is 3.50. The zero-order chi connectivity index (χ0) is 19.4. The van der Waals surface area contributed by atoms with E-state index in [0.717, 1.165) is 16.1 Å².